The second kappa shape index (κ2) is 7.00. The zero-order chi connectivity index (χ0) is 12.8. The van der Waals surface area contributed by atoms with E-state index in [1.807, 2.05) is 0 Å². The van der Waals surface area contributed by atoms with Crippen molar-refractivity contribution in [2.75, 3.05) is 0 Å². The minimum Gasteiger partial charge on any atom is -0.352 e. The van der Waals surface area contributed by atoms with Crippen LogP contribution >= 0.6 is 0 Å². The quantitative estimate of drug-likeness (QED) is 0.775. The van der Waals surface area contributed by atoms with Crippen molar-refractivity contribution >= 4 is 5.91 Å². The monoisotopic (exact) mass is 240 g/mol. The molecule has 0 aromatic carbocycles. The lowest BCUT2D eigenvalue weighted by atomic mass is 9.84. The van der Waals surface area contributed by atoms with Gasteiger partial charge >= 0.3 is 0 Å². The Hall–Kier alpha value is -0.570. The van der Waals surface area contributed by atoms with Crippen molar-refractivity contribution in [3.05, 3.63) is 0 Å². The van der Waals surface area contributed by atoms with Crippen LogP contribution in [-0.2, 0) is 4.79 Å². The van der Waals surface area contributed by atoms with E-state index in [4.69, 9.17) is 5.73 Å². The fraction of sp³-hybridized carbons (Fsp3) is 0.929. The molecule has 3 nitrogen and oxygen atoms in total. The van der Waals surface area contributed by atoms with E-state index >= 15 is 0 Å². The fourth-order valence-electron chi connectivity index (χ4n) is 2.72. The number of nitrogens with two attached hydrogens (primary N) is 1. The molecular weight excluding hydrogens is 212 g/mol. The third-order valence-electron chi connectivity index (χ3n) is 3.77. The maximum absolute atomic E-state index is 11.9. The summed E-state index contributed by atoms with van der Waals surface area (Å²) in [5.74, 6) is 1.31. The van der Waals surface area contributed by atoms with Gasteiger partial charge in [0.2, 0.25) is 5.91 Å². The molecule has 1 aliphatic carbocycles. The molecular formula is C14H28N2O. The van der Waals surface area contributed by atoms with Crippen molar-refractivity contribution in [1.82, 2.24) is 5.32 Å². The van der Waals surface area contributed by atoms with Gasteiger partial charge in [-0.2, -0.15) is 0 Å². The molecule has 3 atom stereocenters. The number of hydrogen-bond donors (Lipinski definition) is 2. The molecule has 0 saturated heterocycles. The van der Waals surface area contributed by atoms with Crippen LogP contribution in [0.1, 0.15) is 59.3 Å². The molecule has 0 heterocycles. The Morgan fingerprint density at radius 2 is 2.12 bits per heavy atom. The number of carbonyl (C=O) groups excluding carboxylic acids is 1. The van der Waals surface area contributed by atoms with Crippen LogP contribution in [0.25, 0.3) is 0 Å². The molecule has 1 aliphatic rings. The molecule has 0 spiro atoms. The number of rotatable bonds is 5. The van der Waals surface area contributed by atoms with Gasteiger partial charge in [0.15, 0.2) is 0 Å². The van der Waals surface area contributed by atoms with Crippen LogP contribution in [0.5, 0.6) is 0 Å². The molecule has 0 aromatic heterocycles. The maximum atomic E-state index is 11.9. The molecule has 1 amide bonds. The highest BCUT2D eigenvalue weighted by molar-refractivity contribution is 5.81. The van der Waals surface area contributed by atoms with Gasteiger partial charge in [0.25, 0.3) is 0 Å². The number of carbonyl (C=O) groups is 1. The average molecular weight is 240 g/mol. The fourth-order valence-corrected chi connectivity index (χ4v) is 2.72. The van der Waals surface area contributed by atoms with Gasteiger partial charge in [-0.25, -0.2) is 0 Å². The first-order valence-electron chi connectivity index (χ1n) is 7.08. The first-order valence-corrected chi connectivity index (χ1v) is 7.08. The second-order valence-electron chi connectivity index (χ2n) is 5.88. The highest BCUT2D eigenvalue weighted by atomic mass is 16.2. The molecule has 0 bridgehead atoms. The van der Waals surface area contributed by atoms with Crippen molar-refractivity contribution < 1.29 is 4.79 Å². The smallest absolute Gasteiger partial charge is 0.237 e. The Morgan fingerprint density at radius 3 is 2.71 bits per heavy atom. The van der Waals surface area contributed by atoms with Crippen LogP contribution < -0.4 is 11.1 Å². The second-order valence-corrected chi connectivity index (χ2v) is 5.88. The number of amides is 1. The van der Waals surface area contributed by atoms with E-state index in [1.165, 1.54) is 19.3 Å². The highest BCUT2D eigenvalue weighted by Gasteiger charge is 2.24. The standard InChI is InChI=1S/C14H28N2O/c1-4-11-6-5-7-12(9-11)16-14(17)13(15)8-10(2)3/h10-13H,4-9,15H2,1-3H3,(H,16,17)/t11?,12?,13-/m1/s1. The molecule has 0 aliphatic heterocycles. The van der Waals surface area contributed by atoms with Gasteiger partial charge in [-0.3, -0.25) is 4.79 Å². The molecule has 17 heavy (non-hydrogen) atoms. The van der Waals surface area contributed by atoms with Crippen LogP contribution in [0.4, 0.5) is 0 Å². The molecule has 1 fully saturated rings. The zero-order valence-corrected chi connectivity index (χ0v) is 11.5. The van der Waals surface area contributed by atoms with Crippen molar-refractivity contribution in [3.8, 4) is 0 Å². The lowest BCUT2D eigenvalue weighted by molar-refractivity contribution is -0.123. The topological polar surface area (TPSA) is 55.1 Å². The Bertz CT molecular complexity index is 240. The summed E-state index contributed by atoms with van der Waals surface area (Å²) in [5.41, 5.74) is 5.89. The summed E-state index contributed by atoms with van der Waals surface area (Å²) in [6, 6.07) is 0.0245. The molecule has 3 heteroatoms. The SMILES string of the molecule is CCC1CCCC(NC(=O)[C@H](N)CC(C)C)C1. The summed E-state index contributed by atoms with van der Waals surface area (Å²) >= 11 is 0. The largest absolute Gasteiger partial charge is 0.352 e. The van der Waals surface area contributed by atoms with E-state index in [0.717, 1.165) is 25.2 Å². The lowest BCUT2D eigenvalue weighted by Crippen LogP contribution is -2.47. The first kappa shape index (κ1) is 14.5. The maximum Gasteiger partial charge on any atom is 0.237 e. The van der Waals surface area contributed by atoms with E-state index in [2.05, 4.69) is 26.1 Å². The van der Waals surface area contributed by atoms with Crippen LogP contribution in [0.15, 0.2) is 0 Å². The Labute approximate surface area is 106 Å². The van der Waals surface area contributed by atoms with E-state index in [1.54, 1.807) is 0 Å². The predicted octanol–water partition coefficient (Wildman–Crippen LogP) is 2.44. The van der Waals surface area contributed by atoms with Crippen LogP contribution in [-0.4, -0.2) is 18.0 Å². The summed E-state index contributed by atoms with van der Waals surface area (Å²) in [5, 5.41) is 3.12. The zero-order valence-electron chi connectivity index (χ0n) is 11.5. The van der Waals surface area contributed by atoms with E-state index in [-0.39, 0.29) is 11.9 Å². The normalized spacial score (nSPS) is 26.9. The summed E-state index contributed by atoms with van der Waals surface area (Å²) in [4.78, 5) is 11.9. The first-order chi connectivity index (χ1) is 8.02. The summed E-state index contributed by atoms with van der Waals surface area (Å²) in [6.07, 6.45) is 6.82. The molecule has 0 radical (unpaired) electrons. The van der Waals surface area contributed by atoms with Gasteiger partial charge in [-0.05, 0) is 31.1 Å². The Kier molecular flexibility index (Phi) is 5.96. The Morgan fingerprint density at radius 1 is 1.41 bits per heavy atom. The minimum atomic E-state index is -0.336. The molecule has 1 saturated carbocycles. The van der Waals surface area contributed by atoms with E-state index in [0.29, 0.717) is 12.0 Å². The van der Waals surface area contributed by atoms with Crippen LogP contribution in [0.2, 0.25) is 0 Å². The number of hydrogen-bond acceptors (Lipinski definition) is 2. The molecule has 3 N–H and O–H groups in total. The average Bonchev–Trinajstić information content (AvgIpc) is 2.28. The molecule has 0 aromatic rings. The minimum absolute atomic E-state index is 0.0421. The summed E-state index contributed by atoms with van der Waals surface area (Å²) < 4.78 is 0. The number of nitrogens with one attached hydrogen (secondary N) is 1. The van der Waals surface area contributed by atoms with Crippen molar-refractivity contribution in [2.24, 2.45) is 17.6 Å². The van der Waals surface area contributed by atoms with Crippen LogP contribution in [0.3, 0.4) is 0 Å². The summed E-state index contributed by atoms with van der Waals surface area (Å²) in [7, 11) is 0. The van der Waals surface area contributed by atoms with Gasteiger partial charge in [0.1, 0.15) is 0 Å². The van der Waals surface area contributed by atoms with Gasteiger partial charge in [0, 0.05) is 6.04 Å². The molecule has 100 valence electrons. The Balaban J connectivity index is 2.34. The molecule has 1 rings (SSSR count). The third-order valence-corrected chi connectivity index (χ3v) is 3.77. The highest BCUT2D eigenvalue weighted by Crippen LogP contribution is 2.26. The van der Waals surface area contributed by atoms with Crippen molar-refractivity contribution in [1.29, 1.82) is 0 Å². The summed E-state index contributed by atoms with van der Waals surface area (Å²) in [6.45, 7) is 6.43. The van der Waals surface area contributed by atoms with E-state index in [9.17, 15) is 4.79 Å². The van der Waals surface area contributed by atoms with Gasteiger partial charge in [-0.15, -0.1) is 0 Å². The van der Waals surface area contributed by atoms with Crippen molar-refractivity contribution in [3.63, 3.8) is 0 Å². The lowest BCUT2D eigenvalue weighted by Gasteiger charge is -2.30. The van der Waals surface area contributed by atoms with Crippen LogP contribution in [0, 0.1) is 11.8 Å². The van der Waals surface area contributed by atoms with Crippen molar-refractivity contribution in [2.45, 2.75) is 71.4 Å². The van der Waals surface area contributed by atoms with Gasteiger partial charge in [-0.1, -0.05) is 40.0 Å². The van der Waals surface area contributed by atoms with Gasteiger partial charge < -0.3 is 11.1 Å². The van der Waals surface area contributed by atoms with Gasteiger partial charge in [0.05, 0.1) is 6.04 Å². The molecule has 2 unspecified atom stereocenters. The predicted molar refractivity (Wildman–Crippen MR) is 71.6 cm³/mol. The third kappa shape index (κ3) is 5.07. The van der Waals surface area contributed by atoms with E-state index < -0.39 is 0 Å².